The monoisotopic (exact) mass is 499 g/mol. The van der Waals surface area contributed by atoms with Crippen molar-refractivity contribution in [3.63, 3.8) is 0 Å². The van der Waals surface area contributed by atoms with Crippen molar-refractivity contribution >= 4 is 46.6 Å². The van der Waals surface area contributed by atoms with E-state index in [0.717, 1.165) is 11.1 Å². The molecule has 0 spiro atoms. The van der Waals surface area contributed by atoms with Gasteiger partial charge < -0.3 is 10.1 Å². The van der Waals surface area contributed by atoms with Gasteiger partial charge in [-0.1, -0.05) is 65.7 Å². The Labute approximate surface area is 207 Å². The molecule has 0 aliphatic heterocycles. The van der Waals surface area contributed by atoms with Crippen LogP contribution in [0.2, 0.25) is 10.0 Å². The van der Waals surface area contributed by atoms with E-state index in [9.17, 15) is 14.4 Å². The van der Waals surface area contributed by atoms with Crippen LogP contribution in [0.1, 0.15) is 19.8 Å². The Morgan fingerprint density at radius 3 is 2.15 bits per heavy atom. The summed E-state index contributed by atoms with van der Waals surface area (Å²) in [6.07, 6.45) is -1.08. The smallest absolute Gasteiger partial charge is 0.279 e. The van der Waals surface area contributed by atoms with Crippen LogP contribution < -0.4 is 20.9 Å². The van der Waals surface area contributed by atoms with Gasteiger partial charge in [0.2, 0.25) is 11.8 Å². The molecule has 0 radical (unpaired) electrons. The number of halogens is 2. The summed E-state index contributed by atoms with van der Waals surface area (Å²) in [6.45, 7) is 1.57. The summed E-state index contributed by atoms with van der Waals surface area (Å²) in [4.78, 5) is 36.2. The van der Waals surface area contributed by atoms with Gasteiger partial charge in [-0.15, -0.1) is 0 Å². The van der Waals surface area contributed by atoms with Gasteiger partial charge in [-0.3, -0.25) is 25.2 Å². The van der Waals surface area contributed by atoms with Crippen molar-refractivity contribution < 1.29 is 19.1 Å². The normalized spacial score (nSPS) is 11.3. The molecular weight excluding hydrogens is 477 g/mol. The summed E-state index contributed by atoms with van der Waals surface area (Å²) in [7, 11) is 0. The molecule has 0 aliphatic rings. The van der Waals surface area contributed by atoms with Gasteiger partial charge in [-0.25, -0.2) is 0 Å². The number of hydrazine groups is 1. The number of nitrogens with one attached hydrogen (secondary N) is 3. The molecule has 0 heterocycles. The van der Waals surface area contributed by atoms with Crippen LogP contribution in [0.3, 0.4) is 0 Å². The number of amides is 3. The molecular formula is C25H23Cl2N3O4. The molecule has 3 rings (SSSR count). The average Bonchev–Trinajstić information content (AvgIpc) is 2.84. The zero-order chi connectivity index (χ0) is 24.5. The second-order valence-electron chi connectivity index (χ2n) is 7.36. The SMILES string of the molecule is CC(Oc1ccc(-c2ccccc2)cc1)C(=O)NNC(=O)CCC(=O)Nc1ccc(Cl)cc1Cl. The van der Waals surface area contributed by atoms with E-state index < -0.39 is 23.8 Å². The summed E-state index contributed by atoms with van der Waals surface area (Å²) in [5, 5.41) is 3.34. The highest BCUT2D eigenvalue weighted by molar-refractivity contribution is 6.36. The van der Waals surface area contributed by atoms with E-state index >= 15 is 0 Å². The fraction of sp³-hybridized carbons (Fsp3) is 0.160. The molecule has 9 heteroatoms. The van der Waals surface area contributed by atoms with Crippen molar-refractivity contribution in [2.45, 2.75) is 25.9 Å². The van der Waals surface area contributed by atoms with Crippen LogP contribution in [0, 0.1) is 0 Å². The number of ether oxygens (including phenoxy) is 1. The molecule has 3 amide bonds. The van der Waals surface area contributed by atoms with Gasteiger partial charge in [0.25, 0.3) is 5.91 Å². The third-order valence-corrected chi connectivity index (χ3v) is 5.30. The van der Waals surface area contributed by atoms with E-state index in [2.05, 4.69) is 16.2 Å². The zero-order valence-corrected chi connectivity index (χ0v) is 19.8. The Bertz CT molecular complexity index is 1150. The van der Waals surface area contributed by atoms with E-state index in [1.54, 1.807) is 31.2 Å². The van der Waals surface area contributed by atoms with Crippen molar-refractivity contribution in [1.29, 1.82) is 0 Å². The Morgan fingerprint density at radius 2 is 1.47 bits per heavy atom. The standard InChI is InChI=1S/C25H23Cl2N3O4/c1-16(34-20-10-7-18(8-11-20)17-5-3-2-4-6-17)25(33)30-29-24(32)14-13-23(31)28-22-12-9-19(26)15-21(22)27/h2-12,15-16H,13-14H2,1H3,(H,28,31)(H,29,32)(H,30,33). The first-order valence-electron chi connectivity index (χ1n) is 10.5. The molecule has 0 aromatic heterocycles. The number of hydrogen-bond donors (Lipinski definition) is 3. The first-order valence-corrected chi connectivity index (χ1v) is 11.2. The minimum absolute atomic E-state index is 0.0968. The van der Waals surface area contributed by atoms with Crippen LogP contribution in [0.15, 0.2) is 72.8 Å². The lowest BCUT2D eigenvalue weighted by Gasteiger charge is -2.15. The summed E-state index contributed by atoms with van der Waals surface area (Å²) >= 11 is 11.8. The largest absolute Gasteiger partial charge is 0.481 e. The fourth-order valence-corrected chi connectivity index (χ4v) is 3.40. The van der Waals surface area contributed by atoms with E-state index in [1.165, 1.54) is 6.07 Å². The van der Waals surface area contributed by atoms with Crippen molar-refractivity contribution in [3.8, 4) is 16.9 Å². The highest BCUT2D eigenvalue weighted by Gasteiger charge is 2.16. The molecule has 176 valence electrons. The van der Waals surface area contributed by atoms with Crippen LogP contribution in [0.25, 0.3) is 11.1 Å². The van der Waals surface area contributed by atoms with Crippen molar-refractivity contribution in [3.05, 3.63) is 82.8 Å². The highest BCUT2D eigenvalue weighted by atomic mass is 35.5. The fourth-order valence-electron chi connectivity index (χ4n) is 2.94. The summed E-state index contributed by atoms with van der Waals surface area (Å²) in [5.74, 6) is -0.935. The predicted octanol–water partition coefficient (Wildman–Crippen LogP) is 4.99. The van der Waals surface area contributed by atoms with Crippen LogP contribution in [-0.2, 0) is 14.4 Å². The molecule has 1 atom stereocenters. The molecule has 0 saturated heterocycles. The predicted molar refractivity (Wildman–Crippen MR) is 133 cm³/mol. The number of rotatable bonds is 8. The molecule has 7 nitrogen and oxygen atoms in total. The highest BCUT2D eigenvalue weighted by Crippen LogP contribution is 2.25. The molecule has 3 N–H and O–H groups in total. The number of benzene rings is 3. The lowest BCUT2D eigenvalue weighted by Crippen LogP contribution is -2.47. The topological polar surface area (TPSA) is 96.5 Å². The average molecular weight is 500 g/mol. The number of hydrogen-bond acceptors (Lipinski definition) is 4. The Morgan fingerprint density at radius 1 is 0.824 bits per heavy atom. The summed E-state index contributed by atoms with van der Waals surface area (Å²) in [6, 6.07) is 21.9. The van der Waals surface area contributed by atoms with Gasteiger partial charge in [0.05, 0.1) is 10.7 Å². The van der Waals surface area contributed by atoms with Crippen molar-refractivity contribution in [2.75, 3.05) is 5.32 Å². The number of carbonyl (C=O) groups excluding carboxylic acids is 3. The molecule has 3 aromatic rings. The third kappa shape index (κ3) is 7.50. The first-order chi connectivity index (χ1) is 16.3. The first kappa shape index (κ1) is 25.1. The zero-order valence-electron chi connectivity index (χ0n) is 18.3. The van der Waals surface area contributed by atoms with Gasteiger partial charge in [-0.2, -0.15) is 0 Å². The Hall–Kier alpha value is -3.55. The Kier molecular flexibility index (Phi) is 8.90. The van der Waals surface area contributed by atoms with E-state index in [4.69, 9.17) is 27.9 Å². The maximum atomic E-state index is 12.2. The third-order valence-electron chi connectivity index (χ3n) is 4.75. The second kappa shape index (κ2) is 12.1. The van der Waals surface area contributed by atoms with E-state index in [-0.39, 0.29) is 12.8 Å². The van der Waals surface area contributed by atoms with E-state index in [1.807, 2.05) is 42.5 Å². The maximum Gasteiger partial charge on any atom is 0.279 e. The van der Waals surface area contributed by atoms with Crippen LogP contribution in [0.5, 0.6) is 5.75 Å². The molecule has 34 heavy (non-hydrogen) atoms. The Balaban J connectivity index is 1.39. The summed E-state index contributed by atoms with van der Waals surface area (Å²) in [5.41, 5.74) is 7.07. The minimum atomic E-state index is -0.849. The summed E-state index contributed by atoms with van der Waals surface area (Å²) < 4.78 is 5.63. The molecule has 3 aromatic carbocycles. The molecule has 0 saturated carbocycles. The van der Waals surface area contributed by atoms with Gasteiger partial charge in [0.15, 0.2) is 6.10 Å². The minimum Gasteiger partial charge on any atom is -0.481 e. The number of carbonyl (C=O) groups is 3. The van der Waals surface area contributed by atoms with Crippen LogP contribution >= 0.6 is 23.2 Å². The second-order valence-corrected chi connectivity index (χ2v) is 8.20. The van der Waals surface area contributed by atoms with Crippen LogP contribution in [0.4, 0.5) is 5.69 Å². The molecule has 0 bridgehead atoms. The van der Waals surface area contributed by atoms with Gasteiger partial charge in [-0.05, 0) is 48.4 Å². The number of anilines is 1. The lowest BCUT2D eigenvalue weighted by molar-refractivity contribution is -0.133. The van der Waals surface area contributed by atoms with Gasteiger partial charge >= 0.3 is 0 Å². The quantitative estimate of drug-likeness (QED) is 0.380. The van der Waals surface area contributed by atoms with Crippen molar-refractivity contribution in [1.82, 2.24) is 10.9 Å². The lowest BCUT2D eigenvalue weighted by atomic mass is 10.1. The van der Waals surface area contributed by atoms with Crippen LogP contribution in [-0.4, -0.2) is 23.8 Å². The van der Waals surface area contributed by atoms with E-state index in [0.29, 0.717) is 21.5 Å². The van der Waals surface area contributed by atoms with Gasteiger partial charge in [0.1, 0.15) is 5.75 Å². The van der Waals surface area contributed by atoms with Crippen molar-refractivity contribution in [2.24, 2.45) is 0 Å². The maximum absolute atomic E-state index is 12.2. The molecule has 1 unspecified atom stereocenters. The molecule has 0 aliphatic carbocycles. The van der Waals surface area contributed by atoms with Gasteiger partial charge in [0, 0.05) is 17.9 Å². The molecule has 0 fully saturated rings.